The third-order valence-electron chi connectivity index (χ3n) is 4.59. The Balaban J connectivity index is 1.56. The Hall–Kier alpha value is -2.57. The minimum atomic E-state index is -0.907. The monoisotopic (exact) mass is 331 g/mol. The van der Waals surface area contributed by atoms with Crippen molar-refractivity contribution >= 4 is 17.7 Å². The van der Waals surface area contributed by atoms with Crippen LogP contribution in [-0.4, -0.2) is 60.2 Å². The van der Waals surface area contributed by atoms with Crippen LogP contribution < -0.4 is 5.32 Å². The summed E-state index contributed by atoms with van der Waals surface area (Å²) in [5, 5.41) is 2.72. The molecule has 3 rings (SSSR count). The Kier molecular flexibility index (Phi) is 4.42. The molecule has 1 saturated carbocycles. The third kappa shape index (κ3) is 2.93. The van der Waals surface area contributed by atoms with Gasteiger partial charge in [-0.2, -0.15) is 0 Å². The predicted molar refractivity (Wildman–Crippen MR) is 86.1 cm³/mol. The van der Waals surface area contributed by atoms with Crippen molar-refractivity contribution in [1.82, 2.24) is 15.1 Å². The van der Waals surface area contributed by atoms with Crippen molar-refractivity contribution in [1.29, 1.82) is 0 Å². The Bertz CT molecular complexity index is 641. The van der Waals surface area contributed by atoms with Gasteiger partial charge in [0.25, 0.3) is 5.91 Å². The van der Waals surface area contributed by atoms with Crippen molar-refractivity contribution < 1.29 is 18.8 Å². The van der Waals surface area contributed by atoms with Crippen LogP contribution in [0.2, 0.25) is 0 Å². The van der Waals surface area contributed by atoms with E-state index in [1.54, 1.807) is 28.0 Å². The van der Waals surface area contributed by atoms with Crippen molar-refractivity contribution in [2.24, 2.45) is 5.41 Å². The summed E-state index contributed by atoms with van der Waals surface area (Å²) in [6, 6.07) is 3.30. The van der Waals surface area contributed by atoms with E-state index in [2.05, 4.69) is 11.9 Å². The van der Waals surface area contributed by atoms with Gasteiger partial charge in [-0.1, -0.05) is 6.08 Å². The molecule has 7 nitrogen and oxygen atoms in total. The molecule has 24 heavy (non-hydrogen) atoms. The fourth-order valence-electron chi connectivity index (χ4n) is 2.97. The number of nitrogens with zero attached hydrogens (tertiary/aromatic N) is 2. The lowest BCUT2D eigenvalue weighted by Crippen LogP contribution is -2.54. The van der Waals surface area contributed by atoms with Crippen LogP contribution in [0.5, 0.6) is 0 Å². The molecule has 0 radical (unpaired) electrons. The van der Waals surface area contributed by atoms with E-state index in [1.807, 2.05) is 0 Å². The maximum absolute atomic E-state index is 12.7. The molecule has 2 aliphatic rings. The highest BCUT2D eigenvalue weighted by atomic mass is 16.3. The second-order valence-electron chi connectivity index (χ2n) is 6.14. The van der Waals surface area contributed by atoms with Crippen LogP contribution in [0.4, 0.5) is 0 Å². The fraction of sp³-hybridized carbons (Fsp3) is 0.471. The lowest BCUT2D eigenvalue weighted by Gasteiger charge is -2.36. The molecule has 2 fully saturated rings. The highest BCUT2D eigenvalue weighted by Gasteiger charge is 2.58. The minimum absolute atomic E-state index is 0.130. The molecule has 0 unspecified atom stereocenters. The van der Waals surface area contributed by atoms with E-state index in [-0.39, 0.29) is 17.7 Å². The van der Waals surface area contributed by atoms with Gasteiger partial charge in [0.15, 0.2) is 5.76 Å². The van der Waals surface area contributed by atoms with E-state index in [0.29, 0.717) is 51.3 Å². The number of rotatable bonds is 5. The molecule has 0 aromatic carbocycles. The van der Waals surface area contributed by atoms with E-state index in [0.717, 1.165) is 0 Å². The van der Waals surface area contributed by atoms with Crippen molar-refractivity contribution in [2.75, 3.05) is 32.7 Å². The van der Waals surface area contributed by atoms with E-state index >= 15 is 0 Å². The highest BCUT2D eigenvalue weighted by molar-refractivity contribution is 6.08. The molecular formula is C17H21N3O4. The molecule has 0 spiro atoms. The molecule has 1 aliphatic carbocycles. The summed E-state index contributed by atoms with van der Waals surface area (Å²) >= 11 is 0. The van der Waals surface area contributed by atoms with Crippen molar-refractivity contribution in [2.45, 2.75) is 12.8 Å². The van der Waals surface area contributed by atoms with Gasteiger partial charge in [-0.15, -0.1) is 6.58 Å². The van der Waals surface area contributed by atoms with Crippen LogP contribution in [-0.2, 0) is 9.59 Å². The SMILES string of the molecule is C=CCNC(=O)C1(C(=O)N2CCN(C(=O)c3ccco3)CC2)CC1. The largest absolute Gasteiger partial charge is 0.459 e. The average Bonchev–Trinajstić information content (AvgIpc) is 3.25. The zero-order chi connectivity index (χ0) is 17.2. The zero-order valence-electron chi connectivity index (χ0n) is 13.5. The molecule has 1 aliphatic heterocycles. The summed E-state index contributed by atoms with van der Waals surface area (Å²) in [6.07, 6.45) is 4.23. The van der Waals surface area contributed by atoms with Gasteiger partial charge in [-0.3, -0.25) is 14.4 Å². The van der Waals surface area contributed by atoms with E-state index < -0.39 is 5.41 Å². The molecule has 7 heteroatoms. The van der Waals surface area contributed by atoms with Crippen molar-refractivity contribution in [3.63, 3.8) is 0 Å². The maximum atomic E-state index is 12.7. The summed E-state index contributed by atoms with van der Waals surface area (Å²) in [5.74, 6) is -0.218. The Morgan fingerprint density at radius 2 is 1.88 bits per heavy atom. The third-order valence-corrected chi connectivity index (χ3v) is 4.59. The van der Waals surface area contributed by atoms with E-state index in [9.17, 15) is 14.4 Å². The lowest BCUT2D eigenvalue weighted by molar-refractivity contribution is -0.145. The molecule has 0 atom stereocenters. The molecule has 3 amide bonds. The minimum Gasteiger partial charge on any atom is -0.459 e. The number of carbonyl (C=O) groups excluding carboxylic acids is 3. The van der Waals surface area contributed by atoms with E-state index in [1.165, 1.54) is 6.26 Å². The molecule has 1 N–H and O–H groups in total. The van der Waals surface area contributed by atoms with Crippen LogP contribution >= 0.6 is 0 Å². The number of hydrogen-bond acceptors (Lipinski definition) is 4. The van der Waals surface area contributed by atoms with E-state index in [4.69, 9.17) is 4.42 Å². The summed E-state index contributed by atoms with van der Waals surface area (Å²) in [6.45, 7) is 5.67. The predicted octanol–water partition coefficient (Wildman–Crippen LogP) is 0.646. The summed E-state index contributed by atoms with van der Waals surface area (Å²) in [5.41, 5.74) is -0.907. The van der Waals surface area contributed by atoms with Crippen LogP contribution in [0.15, 0.2) is 35.5 Å². The summed E-state index contributed by atoms with van der Waals surface area (Å²) in [4.78, 5) is 40.5. The van der Waals surface area contributed by atoms with Crippen LogP contribution in [0.25, 0.3) is 0 Å². The summed E-state index contributed by atoms with van der Waals surface area (Å²) in [7, 11) is 0. The number of nitrogens with one attached hydrogen (secondary N) is 1. The number of hydrogen-bond donors (Lipinski definition) is 1. The smallest absolute Gasteiger partial charge is 0.289 e. The highest BCUT2D eigenvalue weighted by Crippen LogP contribution is 2.47. The summed E-state index contributed by atoms with van der Waals surface area (Å²) < 4.78 is 5.12. The topological polar surface area (TPSA) is 82.9 Å². The van der Waals surface area contributed by atoms with Gasteiger partial charge in [-0.05, 0) is 25.0 Å². The average molecular weight is 331 g/mol. The fourth-order valence-corrected chi connectivity index (χ4v) is 2.97. The van der Waals surface area contributed by atoms with Gasteiger partial charge < -0.3 is 19.5 Å². The molecular weight excluding hydrogens is 310 g/mol. The first-order valence-electron chi connectivity index (χ1n) is 8.10. The van der Waals surface area contributed by atoms with Crippen molar-refractivity contribution in [3.05, 3.63) is 36.8 Å². The first-order chi connectivity index (χ1) is 11.6. The van der Waals surface area contributed by atoms with Gasteiger partial charge in [0.05, 0.1) is 6.26 Å². The molecule has 2 heterocycles. The van der Waals surface area contributed by atoms with Gasteiger partial charge in [-0.25, -0.2) is 0 Å². The first kappa shape index (κ1) is 16.3. The van der Waals surface area contributed by atoms with Crippen molar-refractivity contribution in [3.8, 4) is 0 Å². The number of amides is 3. The van der Waals surface area contributed by atoms with Crippen LogP contribution in [0.1, 0.15) is 23.4 Å². The number of furan rings is 1. The van der Waals surface area contributed by atoms with Gasteiger partial charge in [0, 0.05) is 32.7 Å². The standard InChI is InChI=1S/C17H21N3O4/c1-2-7-18-15(22)17(5-6-17)16(23)20-10-8-19(9-11-20)14(21)13-4-3-12-24-13/h2-4,12H,1,5-11H2,(H,18,22). The Morgan fingerprint density at radius 3 is 2.42 bits per heavy atom. The van der Waals surface area contributed by atoms with Gasteiger partial charge >= 0.3 is 0 Å². The maximum Gasteiger partial charge on any atom is 0.289 e. The Labute approximate surface area is 140 Å². The molecule has 0 bridgehead atoms. The zero-order valence-corrected chi connectivity index (χ0v) is 13.5. The van der Waals surface area contributed by atoms with Crippen LogP contribution in [0, 0.1) is 5.41 Å². The molecule has 1 aromatic heterocycles. The second kappa shape index (κ2) is 6.51. The number of piperazine rings is 1. The number of carbonyl (C=O) groups is 3. The van der Waals surface area contributed by atoms with Crippen LogP contribution in [0.3, 0.4) is 0 Å². The second-order valence-corrected chi connectivity index (χ2v) is 6.14. The molecule has 1 saturated heterocycles. The normalized spacial score (nSPS) is 18.8. The Morgan fingerprint density at radius 1 is 1.21 bits per heavy atom. The quantitative estimate of drug-likeness (QED) is 0.634. The molecule has 1 aromatic rings. The first-order valence-corrected chi connectivity index (χ1v) is 8.10. The lowest BCUT2D eigenvalue weighted by atomic mass is 10.0. The van der Waals surface area contributed by atoms with Gasteiger partial charge in [0.1, 0.15) is 5.41 Å². The van der Waals surface area contributed by atoms with Gasteiger partial charge in [0.2, 0.25) is 11.8 Å². The molecule has 128 valence electrons.